The van der Waals surface area contributed by atoms with Crippen LogP contribution in [0.4, 0.5) is 19.0 Å². The van der Waals surface area contributed by atoms with Crippen LogP contribution in [0.3, 0.4) is 0 Å². The lowest BCUT2D eigenvalue weighted by atomic mass is 10.2. The molecule has 20 heavy (non-hydrogen) atoms. The van der Waals surface area contributed by atoms with Crippen LogP contribution in [-0.2, 0) is 6.18 Å². The van der Waals surface area contributed by atoms with Crippen LogP contribution in [0.15, 0.2) is 30.6 Å². The van der Waals surface area contributed by atoms with Crippen molar-refractivity contribution in [2.75, 3.05) is 5.73 Å². The molecule has 5 nitrogen and oxygen atoms in total. The van der Waals surface area contributed by atoms with Gasteiger partial charge in [-0.15, -0.1) is 0 Å². The van der Waals surface area contributed by atoms with Gasteiger partial charge < -0.3 is 10.7 Å². The molecule has 0 aliphatic rings. The van der Waals surface area contributed by atoms with E-state index in [9.17, 15) is 13.2 Å². The number of aromatic amines is 1. The first kappa shape index (κ1) is 12.4. The topological polar surface area (TPSA) is 80.5 Å². The minimum Gasteiger partial charge on any atom is -0.384 e. The number of imidazole rings is 1. The summed E-state index contributed by atoms with van der Waals surface area (Å²) in [4.78, 5) is 14.5. The smallest absolute Gasteiger partial charge is 0.384 e. The lowest BCUT2D eigenvalue weighted by Gasteiger charge is -2.05. The molecule has 0 saturated heterocycles. The van der Waals surface area contributed by atoms with Gasteiger partial charge in [-0.1, -0.05) is 0 Å². The van der Waals surface area contributed by atoms with E-state index < -0.39 is 11.9 Å². The summed E-state index contributed by atoms with van der Waals surface area (Å²) in [6, 6.07) is 3.80. The molecule has 0 radical (unpaired) electrons. The molecule has 102 valence electrons. The number of pyridine rings is 2. The molecule has 0 atom stereocenters. The van der Waals surface area contributed by atoms with Crippen LogP contribution >= 0.6 is 0 Å². The number of nitrogens with zero attached hydrogens (tertiary/aromatic N) is 3. The SMILES string of the molecule is Nc1cc2nc(-c3ccc(C(F)(F)F)nc3)[nH]c2cn1. The highest BCUT2D eigenvalue weighted by Crippen LogP contribution is 2.28. The maximum atomic E-state index is 12.4. The number of fused-ring (bicyclic) bond motifs is 1. The summed E-state index contributed by atoms with van der Waals surface area (Å²) in [5.41, 5.74) is 6.28. The number of nitrogens with one attached hydrogen (secondary N) is 1. The van der Waals surface area contributed by atoms with E-state index in [0.29, 0.717) is 28.2 Å². The average molecular weight is 279 g/mol. The number of hydrogen-bond donors (Lipinski definition) is 2. The van der Waals surface area contributed by atoms with Crippen LogP contribution < -0.4 is 5.73 Å². The van der Waals surface area contributed by atoms with Crippen LogP contribution in [0, 0.1) is 0 Å². The standard InChI is InChI=1S/C12H8F3N5/c13-12(14,15)9-2-1-6(4-17-9)11-19-7-3-10(16)18-5-8(7)20-11/h1-5H,(H2,16,18)(H,19,20). The molecule has 0 bridgehead atoms. The summed E-state index contributed by atoms with van der Waals surface area (Å²) in [7, 11) is 0. The average Bonchev–Trinajstić information content (AvgIpc) is 2.80. The van der Waals surface area contributed by atoms with E-state index in [1.54, 1.807) is 6.07 Å². The van der Waals surface area contributed by atoms with Crippen LogP contribution in [-0.4, -0.2) is 19.9 Å². The van der Waals surface area contributed by atoms with Gasteiger partial charge in [-0.2, -0.15) is 13.2 Å². The Morgan fingerprint density at radius 3 is 2.55 bits per heavy atom. The van der Waals surface area contributed by atoms with Gasteiger partial charge in [0.15, 0.2) is 0 Å². The molecule has 8 heteroatoms. The molecule has 3 heterocycles. The molecule has 0 aromatic carbocycles. The van der Waals surface area contributed by atoms with Crippen molar-refractivity contribution in [2.45, 2.75) is 6.18 Å². The Bertz CT molecular complexity index is 761. The first-order valence-corrected chi connectivity index (χ1v) is 5.58. The van der Waals surface area contributed by atoms with E-state index in [0.717, 1.165) is 12.3 Å². The van der Waals surface area contributed by atoms with E-state index >= 15 is 0 Å². The lowest BCUT2D eigenvalue weighted by Crippen LogP contribution is -2.07. The number of H-pyrrole nitrogens is 1. The fourth-order valence-electron chi connectivity index (χ4n) is 1.76. The molecule has 3 aromatic heterocycles. The van der Waals surface area contributed by atoms with Gasteiger partial charge in [-0.3, -0.25) is 4.98 Å². The van der Waals surface area contributed by atoms with E-state index in [-0.39, 0.29) is 0 Å². The normalized spacial score (nSPS) is 11.9. The van der Waals surface area contributed by atoms with Gasteiger partial charge in [0.25, 0.3) is 0 Å². The maximum absolute atomic E-state index is 12.4. The van der Waals surface area contributed by atoms with E-state index in [1.807, 2.05) is 0 Å². The van der Waals surface area contributed by atoms with Crippen molar-refractivity contribution in [2.24, 2.45) is 0 Å². The van der Waals surface area contributed by atoms with Crippen LogP contribution in [0.1, 0.15) is 5.69 Å². The van der Waals surface area contributed by atoms with Crippen molar-refractivity contribution >= 4 is 16.9 Å². The van der Waals surface area contributed by atoms with Crippen LogP contribution in [0.25, 0.3) is 22.4 Å². The molecule has 0 saturated carbocycles. The molecule has 0 spiro atoms. The highest BCUT2D eigenvalue weighted by atomic mass is 19.4. The second-order valence-electron chi connectivity index (χ2n) is 4.14. The highest BCUT2D eigenvalue weighted by molar-refractivity contribution is 5.80. The van der Waals surface area contributed by atoms with Gasteiger partial charge in [-0.25, -0.2) is 9.97 Å². The number of hydrogen-bond acceptors (Lipinski definition) is 4. The van der Waals surface area contributed by atoms with E-state index in [4.69, 9.17) is 5.73 Å². The second kappa shape index (κ2) is 4.19. The summed E-state index contributed by atoms with van der Waals surface area (Å²) >= 11 is 0. The summed E-state index contributed by atoms with van der Waals surface area (Å²) in [5, 5.41) is 0. The number of alkyl halides is 3. The number of nitrogen functional groups attached to an aromatic ring is 1. The molecule has 0 aliphatic heterocycles. The number of nitrogens with two attached hydrogens (primary N) is 1. The third kappa shape index (κ3) is 2.15. The fraction of sp³-hybridized carbons (Fsp3) is 0.0833. The molecule has 3 N–H and O–H groups in total. The van der Waals surface area contributed by atoms with E-state index in [2.05, 4.69) is 19.9 Å². The first-order valence-electron chi connectivity index (χ1n) is 5.58. The molecule has 3 rings (SSSR count). The zero-order chi connectivity index (χ0) is 14.3. The van der Waals surface area contributed by atoms with Gasteiger partial charge in [0.1, 0.15) is 17.3 Å². The molecule has 0 amide bonds. The fourth-order valence-corrected chi connectivity index (χ4v) is 1.76. The van der Waals surface area contributed by atoms with Gasteiger partial charge in [0, 0.05) is 17.8 Å². The Morgan fingerprint density at radius 1 is 1.10 bits per heavy atom. The summed E-state index contributed by atoms with van der Waals surface area (Å²) in [5.74, 6) is 0.731. The minimum atomic E-state index is -4.45. The predicted octanol–water partition coefficient (Wildman–Crippen LogP) is 2.62. The van der Waals surface area contributed by atoms with E-state index in [1.165, 1.54) is 12.3 Å². The molecule has 0 fully saturated rings. The molecular weight excluding hydrogens is 271 g/mol. The van der Waals surface area contributed by atoms with Crippen molar-refractivity contribution in [3.8, 4) is 11.4 Å². The quantitative estimate of drug-likeness (QED) is 0.717. The van der Waals surface area contributed by atoms with Gasteiger partial charge in [0.2, 0.25) is 0 Å². The summed E-state index contributed by atoms with van der Waals surface area (Å²) in [6.07, 6.45) is -1.82. The Morgan fingerprint density at radius 2 is 1.90 bits per heavy atom. The first-order chi connectivity index (χ1) is 9.43. The maximum Gasteiger partial charge on any atom is 0.433 e. The number of halogens is 3. The number of aromatic nitrogens is 4. The number of anilines is 1. The summed E-state index contributed by atoms with van der Waals surface area (Å²) < 4.78 is 37.3. The number of rotatable bonds is 1. The Labute approximate surface area is 110 Å². The zero-order valence-electron chi connectivity index (χ0n) is 9.94. The van der Waals surface area contributed by atoms with Crippen molar-refractivity contribution < 1.29 is 13.2 Å². The largest absolute Gasteiger partial charge is 0.433 e. The lowest BCUT2D eigenvalue weighted by molar-refractivity contribution is -0.141. The van der Waals surface area contributed by atoms with Gasteiger partial charge >= 0.3 is 6.18 Å². The Kier molecular flexibility index (Phi) is 2.60. The zero-order valence-corrected chi connectivity index (χ0v) is 9.94. The van der Waals surface area contributed by atoms with Gasteiger partial charge in [0.05, 0.1) is 17.2 Å². The molecule has 0 aliphatic carbocycles. The Balaban J connectivity index is 2.02. The molecular formula is C12H8F3N5. The molecule has 3 aromatic rings. The third-order valence-corrected chi connectivity index (χ3v) is 2.72. The van der Waals surface area contributed by atoms with Crippen molar-refractivity contribution in [1.82, 2.24) is 19.9 Å². The monoisotopic (exact) mass is 279 g/mol. The van der Waals surface area contributed by atoms with Crippen LogP contribution in [0.2, 0.25) is 0 Å². The second-order valence-corrected chi connectivity index (χ2v) is 4.14. The van der Waals surface area contributed by atoms with Crippen LogP contribution in [0.5, 0.6) is 0 Å². The van der Waals surface area contributed by atoms with Gasteiger partial charge in [-0.05, 0) is 12.1 Å². The predicted molar refractivity (Wildman–Crippen MR) is 66.5 cm³/mol. The highest BCUT2D eigenvalue weighted by Gasteiger charge is 2.32. The van der Waals surface area contributed by atoms with Crippen molar-refractivity contribution in [3.63, 3.8) is 0 Å². The van der Waals surface area contributed by atoms with Crippen molar-refractivity contribution in [3.05, 3.63) is 36.3 Å². The summed E-state index contributed by atoms with van der Waals surface area (Å²) in [6.45, 7) is 0. The minimum absolute atomic E-state index is 0.320. The Hall–Kier alpha value is -2.64. The molecule has 0 unspecified atom stereocenters. The van der Waals surface area contributed by atoms with Crippen molar-refractivity contribution in [1.29, 1.82) is 0 Å². The third-order valence-electron chi connectivity index (χ3n) is 2.72.